The van der Waals surface area contributed by atoms with E-state index in [4.69, 9.17) is 10.5 Å². The summed E-state index contributed by atoms with van der Waals surface area (Å²) in [5.74, 6) is -0.258. The molecule has 0 heterocycles. The molecule has 6 nitrogen and oxygen atoms in total. The van der Waals surface area contributed by atoms with Crippen LogP contribution < -0.4 is 5.73 Å². The highest BCUT2D eigenvalue weighted by Crippen LogP contribution is 2.75. The second kappa shape index (κ2) is 10.3. The molecule has 0 saturated heterocycles. The van der Waals surface area contributed by atoms with Crippen LogP contribution in [0.2, 0.25) is 0 Å². The van der Waals surface area contributed by atoms with Gasteiger partial charge in [-0.2, -0.15) is 0 Å². The van der Waals surface area contributed by atoms with Gasteiger partial charge >= 0.3 is 5.97 Å². The highest BCUT2D eigenvalue weighted by Gasteiger charge is 2.73. The third-order valence-electron chi connectivity index (χ3n) is 13.7. The minimum atomic E-state index is -0.590. The van der Waals surface area contributed by atoms with Crippen LogP contribution in [0.5, 0.6) is 0 Å². The normalized spacial score (nSPS) is 49.0. The van der Waals surface area contributed by atoms with E-state index < -0.39 is 23.9 Å². The summed E-state index contributed by atoms with van der Waals surface area (Å²) in [5, 5.41) is 23.0. The number of ketones is 1. The van der Waals surface area contributed by atoms with Gasteiger partial charge < -0.3 is 20.7 Å². The van der Waals surface area contributed by atoms with Gasteiger partial charge in [0.25, 0.3) is 0 Å². The minimum absolute atomic E-state index is 0.0421. The van der Waals surface area contributed by atoms with Crippen molar-refractivity contribution in [1.29, 1.82) is 0 Å². The summed E-state index contributed by atoms with van der Waals surface area (Å²) in [4.78, 5) is 26.1. The van der Waals surface area contributed by atoms with Crippen molar-refractivity contribution in [1.82, 2.24) is 0 Å². The number of hydrogen-bond acceptors (Lipinski definition) is 6. The van der Waals surface area contributed by atoms with Crippen LogP contribution in [-0.4, -0.2) is 45.8 Å². The lowest BCUT2D eigenvalue weighted by Gasteiger charge is -2.72. The van der Waals surface area contributed by atoms with Gasteiger partial charge in [-0.25, -0.2) is 0 Å². The fourth-order valence-corrected chi connectivity index (χ4v) is 11.3. The molecule has 6 heteroatoms. The summed E-state index contributed by atoms with van der Waals surface area (Å²) in [6, 6.07) is 0. The Labute approximate surface area is 247 Å². The van der Waals surface area contributed by atoms with Crippen LogP contribution >= 0.6 is 0 Å². The molecule has 5 fully saturated rings. The van der Waals surface area contributed by atoms with Crippen LogP contribution in [0.1, 0.15) is 120 Å². The SMILES string of the molecule is CC(=O)O[C@H]1C[C@@]2(C)[C@@H](C[C@@H](O)[C@@H]3[C@]2(C)CC[C@@]2(N)[C@H](C)[C@H](O)CC[C@]32C)/C1=C(/C(C)=O)C1CCCC(=C(C)C)C1. The van der Waals surface area contributed by atoms with Gasteiger partial charge in [0.15, 0.2) is 5.78 Å². The number of aliphatic hydroxyl groups is 2. The van der Waals surface area contributed by atoms with Gasteiger partial charge in [-0.05, 0) is 125 Å². The maximum atomic E-state index is 13.6. The maximum absolute atomic E-state index is 13.6. The summed E-state index contributed by atoms with van der Waals surface area (Å²) in [6.45, 7) is 16.5. The third kappa shape index (κ3) is 4.36. The average molecular weight is 570 g/mol. The zero-order valence-electron chi connectivity index (χ0n) is 26.8. The number of nitrogens with two attached hydrogens (primary N) is 1. The zero-order valence-corrected chi connectivity index (χ0v) is 26.8. The Morgan fingerprint density at radius 1 is 0.927 bits per heavy atom. The van der Waals surface area contributed by atoms with E-state index in [0.29, 0.717) is 19.3 Å². The van der Waals surface area contributed by atoms with E-state index in [1.807, 2.05) is 0 Å². The molecule has 0 aromatic rings. The minimum Gasteiger partial charge on any atom is -0.458 e. The molecule has 230 valence electrons. The van der Waals surface area contributed by atoms with Gasteiger partial charge in [-0.3, -0.25) is 9.59 Å². The Hall–Kier alpha value is -1.50. The molecule has 0 amide bonds. The Bertz CT molecular complexity index is 1170. The van der Waals surface area contributed by atoms with Crippen LogP contribution in [0.4, 0.5) is 0 Å². The van der Waals surface area contributed by atoms with Gasteiger partial charge in [0.05, 0.1) is 12.2 Å². The molecule has 0 aliphatic heterocycles. The maximum Gasteiger partial charge on any atom is 0.303 e. The number of carbonyl (C=O) groups excluding carboxylic acids is 2. The number of esters is 1. The molecule has 0 aromatic carbocycles. The van der Waals surface area contributed by atoms with E-state index in [9.17, 15) is 19.8 Å². The molecular formula is C35H55NO5. The Balaban J connectivity index is 1.65. The highest BCUT2D eigenvalue weighted by atomic mass is 16.5. The largest absolute Gasteiger partial charge is 0.458 e. The number of ether oxygens (including phenoxy) is 1. The molecule has 5 aliphatic rings. The number of carbonyl (C=O) groups is 2. The Kier molecular flexibility index (Phi) is 7.77. The first-order chi connectivity index (χ1) is 19.0. The van der Waals surface area contributed by atoms with Crippen LogP contribution in [0, 0.1) is 39.9 Å². The molecule has 0 aromatic heterocycles. The molecule has 0 spiro atoms. The number of fused-ring (bicyclic) bond motifs is 5. The second-order valence-corrected chi connectivity index (χ2v) is 15.6. The number of hydrogen-bond donors (Lipinski definition) is 3. The van der Waals surface area contributed by atoms with Crippen molar-refractivity contribution in [2.24, 2.45) is 45.7 Å². The smallest absolute Gasteiger partial charge is 0.303 e. The van der Waals surface area contributed by atoms with Gasteiger partial charge in [-0.15, -0.1) is 0 Å². The van der Waals surface area contributed by atoms with Crippen LogP contribution in [0.3, 0.4) is 0 Å². The van der Waals surface area contributed by atoms with Crippen molar-refractivity contribution in [2.75, 3.05) is 0 Å². The summed E-state index contributed by atoms with van der Waals surface area (Å²) < 4.78 is 6.12. The standard InChI is InChI=1S/C35H55NO5/c1-19(2)23-10-9-11-24(16-23)29(21(4)37)30-25-17-27(40)31-32(6,34(25,8)18-28(30)41-22(5)38)14-15-35(36)20(3)26(39)12-13-33(31,35)7/h20,24-28,31,39-40H,9-18,36H2,1-8H3/b30-29+/t20-,24?,25+,26-,27-,28+,31-,32+,33-,34+,35-/m1/s1. The van der Waals surface area contributed by atoms with Crippen molar-refractivity contribution in [3.63, 3.8) is 0 Å². The molecule has 0 radical (unpaired) electrons. The zero-order chi connectivity index (χ0) is 30.3. The van der Waals surface area contributed by atoms with Crippen molar-refractivity contribution < 1.29 is 24.5 Å². The first-order valence-corrected chi connectivity index (χ1v) is 16.2. The van der Waals surface area contributed by atoms with Crippen molar-refractivity contribution >= 4 is 11.8 Å². The quantitative estimate of drug-likeness (QED) is 0.217. The van der Waals surface area contributed by atoms with E-state index >= 15 is 0 Å². The van der Waals surface area contributed by atoms with E-state index in [-0.39, 0.29) is 51.7 Å². The van der Waals surface area contributed by atoms with Crippen molar-refractivity contribution in [2.45, 2.75) is 143 Å². The summed E-state index contributed by atoms with van der Waals surface area (Å²) >= 11 is 0. The highest BCUT2D eigenvalue weighted by molar-refractivity contribution is 5.95. The molecule has 5 saturated carbocycles. The van der Waals surface area contributed by atoms with Gasteiger partial charge in [0.2, 0.25) is 0 Å². The summed E-state index contributed by atoms with van der Waals surface area (Å²) in [6.07, 6.45) is 6.83. The predicted octanol–water partition coefficient (Wildman–Crippen LogP) is 6.03. The molecule has 11 atom stereocenters. The summed E-state index contributed by atoms with van der Waals surface area (Å²) in [5.41, 5.74) is 10.5. The molecule has 4 N–H and O–H groups in total. The van der Waals surface area contributed by atoms with Crippen molar-refractivity contribution in [3.8, 4) is 0 Å². The van der Waals surface area contributed by atoms with Crippen LogP contribution in [0.25, 0.3) is 0 Å². The first-order valence-electron chi connectivity index (χ1n) is 16.2. The topological polar surface area (TPSA) is 110 Å². The van der Waals surface area contributed by atoms with E-state index in [1.54, 1.807) is 6.92 Å². The fourth-order valence-electron chi connectivity index (χ4n) is 11.3. The van der Waals surface area contributed by atoms with Gasteiger partial charge in [0, 0.05) is 24.0 Å². The summed E-state index contributed by atoms with van der Waals surface area (Å²) in [7, 11) is 0. The molecular weight excluding hydrogens is 514 g/mol. The van der Waals surface area contributed by atoms with Crippen LogP contribution in [-0.2, 0) is 14.3 Å². The molecule has 0 bridgehead atoms. The molecule has 5 rings (SSSR count). The van der Waals surface area contributed by atoms with Gasteiger partial charge in [0.1, 0.15) is 6.10 Å². The van der Waals surface area contributed by atoms with Crippen molar-refractivity contribution in [3.05, 3.63) is 22.3 Å². The predicted molar refractivity (Wildman–Crippen MR) is 161 cm³/mol. The second-order valence-electron chi connectivity index (χ2n) is 15.6. The number of Topliss-reactive ketones (excluding diaryl/α,β-unsaturated/α-hetero) is 1. The third-order valence-corrected chi connectivity index (χ3v) is 13.7. The monoisotopic (exact) mass is 569 g/mol. The average Bonchev–Trinajstić information content (AvgIpc) is 3.15. The molecule has 1 unspecified atom stereocenters. The van der Waals surface area contributed by atoms with E-state index in [0.717, 1.165) is 56.1 Å². The molecule has 5 aliphatic carbocycles. The van der Waals surface area contributed by atoms with E-state index in [1.165, 1.54) is 18.1 Å². The van der Waals surface area contributed by atoms with Gasteiger partial charge in [-0.1, -0.05) is 38.8 Å². The Morgan fingerprint density at radius 2 is 1.61 bits per heavy atom. The Morgan fingerprint density at radius 3 is 2.22 bits per heavy atom. The molecule has 41 heavy (non-hydrogen) atoms. The lowest BCUT2D eigenvalue weighted by Crippen LogP contribution is -2.75. The fraction of sp³-hybridized carbons (Fsp3) is 0.829. The lowest BCUT2D eigenvalue weighted by atomic mass is 9.34. The van der Waals surface area contributed by atoms with E-state index in [2.05, 4.69) is 41.5 Å². The van der Waals surface area contributed by atoms with Crippen LogP contribution in [0.15, 0.2) is 22.3 Å². The number of aliphatic hydroxyl groups excluding tert-OH is 2. The lowest BCUT2D eigenvalue weighted by molar-refractivity contribution is -0.241. The number of allylic oxidation sites excluding steroid dienone is 3. The first kappa shape index (κ1) is 30.9. The number of rotatable bonds is 3.